The molecule has 144 valence electrons. The van der Waals surface area contributed by atoms with Gasteiger partial charge >= 0.3 is 6.09 Å². The van der Waals surface area contributed by atoms with Gasteiger partial charge in [-0.3, -0.25) is 4.90 Å². The Labute approximate surface area is 155 Å². The Morgan fingerprint density at radius 3 is 2.81 bits per heavy atom. The molecular formula is C18H21FN4O4. The fourth-order valence-corrected chi connectivity index (χ4v) is 3.79. The predicted molar refractivity (Wildman–Crippen MR) is 92.6 cm³/mol. The summed E-state index contributed by atoms with van der Waals surface area (Å²) in [5, 5.41) is 27.0. The van der Waals surface area contributed by atoms with Crippen molar-refractivity contribution in [2.75, 3.05) is 11.4 Å². The first-order chi connectivity index (χ1) is 13.0. The first-order valence-corrected chi connectivity index (χ1v) is 8.99. The summed E-state index contributed by atoms with van der Waals surface area (Å²) in [6, 6.07) is 4.67. The van der Waals surface area contributed by atoms with Gasteiger partial charge in [-0.1, -0.05) is 11.3 Å². The van der Waals surface area contributed by atoms with Crippen molar-refractivity contribution in [1.29, 1.82) is 0 Å². The summed E-state index contributed by atoms with van der Waals surface area (Å²) >= 11 is 0. The van der Waals surface area contributed by atoms with Gasteiger partial charge in [0.1, 0.15) is 11.9 Å². The van der Waals surface area contributed by atoms with Crippen molar-refractivity contribution in [3.8, 4) is 0 Å². The monoisotopic (exact) mass is 376 g/mol. The van der Waals surface area contributed by atoms with E-state index < -0.39 is 30.2 Å². The third-order valence-corrected chi connectivity index (χ3v) is 5.25. The Morgan fingerprint density at radius 1 is 1.26 bits per heavy atom. The highest BCUT2D eigenvalue weighted by molar-refractivity contribution is 5.89. The van der Waals surface area contributed by atoms with Crippen LogP contribution in [0.2, 0.25) is 0 Å². The molecule has 1 aromatic carbocycles. The van der Waals surface area contributed by atoms with Crippen molar-refractivity contribution in [2.45, 2.75) is 50.0 Å². The van der Waals surface area contributed by atoms with Crippen LogP contribution in [0.4, 0.5) is 14.9 Å². The maximum Gasteiger partial charge on any atom is 0.414 e. The normalized spacial score (nSPS) is 28.4. The maximum absolute atomic E-state index is 14.7. The molecule has 9 heteroatoms. The lowest BCUT2D eigenvalue weighted by Gasteiger charge is -2.30. The van der Waals surface area contributed by atoms with Crippen molar-refractivity contribution < 1.29 is 24.1 Å². The summed E-state index contributed by atoms with van der Waals surface area (Å²) in [6.07, 6.45) is 2.10. The minimum atomic E-state index is -0.839. The minimum absolute atomic E-state index is 0.150. The summed E-state index contributed by atoms with van der Waals surface area (Å²) in [5.41, 5.74) is 0.926. The summed E-state index contributed by atoms with van der Waals surface area (Å²) < 4.78 is 21.6. The Kier molecular flexibility index (Phi) is 4.79. The molecule has 4 unspecified atom stereocenters. The van der Waals surface area contributed by atoms with Gasteiger partial charge < -0.3 is 14.9 Å². The molecule has 2 N–H and O–H groups in total. The Bertz CT molecular complexity index is 816. The van der Waals surface area contributed by atoms with Crippen LogP contribution in [0.1, 0.15) is 30.7 Å². The second-order valence-electron chi connectivity index (χ2n) is 7.09. The number of aliphatic hydroxyl groups is 2. The van der Waals surface area contributed by atoms with Crippen LogP contribution in [0.15, 0.2) is 30.6 Å². The summed E-state index contributed by atoms with van der Waals surface area (Å²) in [5.74, 6) is -0.573. The number of anilines is 1. The van der Waals surface area contributed by atoms with Gasteiger partial charge in [-0.15, -0.1) is 5.10 Å². The standard InChI is InChI=1S/C18H21FN4O4/c19-15-8-12(2-3-14(15)11-1-4-16(24)17(25)7-11)23-10-13(27-18(23)26)9-22-6-5-20-21-22/h2-3,5-6,8,11,13,16-17,24-25H,1,4,7,9-10H2. The topological polar surface area (TPSA) is 101 Å². The molecule has 4 rings (SSSR count). The van der Waals surface area contributed by atoms with Gasteiger partial charge in [0.05, 0.1) is 37.2 Å². The molecular weight excluding hydrogens is 355 g/mol. The molecule has 0 radical (unpaired) electrons. The van der Waals surface area contributed by atoms with E-state index in [0.29, 0.717) is 43.6 Å². The van der Waals surface area contributed by atoms with Gasteiger partial charge in [0.2, 0.25) is 0 Å². The van der Waals surface area contributed by atoms with Crippen molar-refractivity contribution in [1.82, 2.24) is 15.0 Å². The number of hydrogen-bond donors (Lipinski definition) is 2. The van der Waals surface area contributed by atoms with Gasteiger partial charge in [0, 0.05) is 6.20 Å². The molecule has 0 bridgehead atoms. The second kappa shape index (κ2) is 7.24. The van der Waals surface area contributed by atoms with Gasteiger partial charge in [-0.2, -0.15) is 0 Å². The van der Waals surface area contributed by atoms with Gasteiger partial charge in [-0.25, -0.2) is 13.9 Å². The number of cyclic esters (lactones) is 1. The highest BCUT2D eigenvalue weighted by Gasteiger charge is 2.34. The van der Waals surface area contributed by atoms with Crippen molar-refractivity contribution >= 4 is 11.8 Å². The zero-order chi connectivity index (χ0) is 19.0. The number of ether oxygens (including phenoxy) is 1. The molecule has 1 saturated carbocycles. The van der Waals surface area contributed by atoms with E-state index in [2.05, 4.69) is 10.3 Å². The zero-order valence-corrected chi connectivity index (χ0v) is 14.6. The van der Waals surface area contributed by atoms with Crippen LogP contribution in [0, 0.1) is 5.82 Å². The molecule has 1 aliphatic carbocycles. The minimum Gasteiger partial charge on any atom is -0.442 e. The number of carbonyl (C=O) groups is 1. The van der Waals surface area contributed by atoms with Crippen LogP contribution in [0.5, 0.6) is 0 Å². The van der Waals surface area contributed by atoms with Crippen LogP contribution in [0.3, 0.4) is 0 Å². The Balaban J connectivity index is 1.46. The molecule has 4 atom stereocenters. The molecule has 1 saturated heterocycles. The number of carbonyl (C=O) groups excluding carboxylic acids is 1. The fraction of sp³-hybridized carbons (Fsp3) is 0.500. The number of rotatable bonds is 4. The van der Waals surface area contributed by atoms with Crippen molar-refractivity contribution in [2.24, 2.45) is 0 Å². The lowest BCUT2D eigenvalue weighted by molar-refractivity contribution is -0.0152. The van der Waals surface area contributed by atoms with E-state index in [1.807, 2.05) is 0 Å². The van der Waals surface area contributed by atoms with E-state index in [1.54, 1.807) is 29.2 Å². The van der Waals surface area contributed by atoms with E-state index in [9.17, 15) is 19.4 Å². The third kappa shape index (κ3) is 3.65. The highest BCUT2D eigenvalue weighted by atomic mass is 19.1. The van der Waals surface area contributed by atoms with E-state index in [1.165, 1.54) is 11.0 Å². The smallest absolute Gasteiger partial charge is 0.414 e. The third-order valence-electron chi connectivity index (χ3n) is 5.25. The largest absolute Gasteiger partial charge is 0.442 e. The molecule has 1 aromatic heterocycles. The van der Waals surface area contributed by atoms with Crippen LogP contribution in [-0.2, 0) is 11.3 Å². The van der Waals surface area contributed by atoms with Gasteiger partial charge in [0.15, 0.2) is 0 Å². The summed E-state index contributed by atoms with van der Waals surface area (Å²) in [6.45, 7) is 0.677. The first-order valence-electron chi connectivity index (χ1n) is 8.99. The fourth-order valence-electron chi connectivity index (χ4n) is 3.79. The molecule has 27 heavy (non-hydrogen) atoms. The number of nitrogens with zero attached hydrogens (tertiary/aromatic N) is 4. The molecule has 1 amide bonds. The molecule has 2 heterocycles. The number of aliphatic hydroxyl groups excluding tert-OH is 2. The van der Waals surface area contributed by atoms with Crippen LogP contribution in [-0.4, -0.2) is 56.2 Å². The predicted octanol–water partition coefficient (Wildman–Crippen LogP) is 1.43. The molecule has 2 aliphatic rings. The molecule has 0 spiro atoms. The average molecular weight is 376 g/mol. The molecule has 8 nitrogen and oxygen atoms in total. The van der Waals surface area contributed by atoms with E-state index in [4.69, 9.17) is 4.74 Å². The maximum atomic E-state index is 14.7. The zero-order valence-electron chi connectivity index (χ0n) is 14.6. The van der Waals surface area contributed by atoms with Gasteiger partial charge in [0.25, 0.3) is 0 Å². The quantitative estimate of drug-likeness (QED) is 0.837. The number of hydrogen-bond acceptors (Lipinski definition) is 6. The SMILES string of the molecule is O=C1OC(Cn2ccnn2)CN1c1ccc(C2CCC(O)C(O)C2)c(F)c1. The number of amides is 1. The average Bonchev–Trinajstić information content (AvgIpc) is 3.27. The Hall–Kier alpha value is -2.52. The Morgan fingerprint density at radius 2 is 2.11 bits per heavy atom. The van der Waals surface area contributed by atoms with Gasteiger partial charge in [-0.05, 0) is 42.9 Å². The summed E-state index contributed by atoms with van der Waals surface area (Å²) in [7, 11) is 0. The number of benzene rings is 1. The lowest BCUT2D eigenvalue weighted by atomic mass is 9.81. The molecule has 2 fully saturated rings. The molecule has 1 aliphatic heterocycles. The highest BCUT2D eigenvalue weighted by Crippen LogP contribution is 2.36. The van der Waals surface area contributed by atoms with E-state index in [-0.39, 0.29) is 5.92 Å². The number of aromatic nitrogens is 3. The van der Waals surface area contributed by atoms with Crippen LogP contribution in [0.25, 0.3) is 0 Å². The lowest BCUT2D eigenvalue weighted by Crippen LogP contribution is -2.33. The second-order valence-corrected chi connectivity index (χ2v) is 7.09. The van der Waals surface area contributed by atoms with E-state index >= 15 is 0 Å². The van der Waals surface area contributed by atoms with Crippen LogP contribution >= 0.6 is 0 Å². The first kappa shape index (κ1) is 17.9. The molecule has 2 aromatic rings. The van der Waals surface area contributed by atoms with Crippen molar-refractivity contribution in [3.63, 3.8) is 0 Å². The number of halogens is 1. The van der Waals surface area contributed by atoms with Crippen LogP contribution < -0.4 is 4.90 Å². The summed E-state index contributed by atoms with van der Waals surface area (Å²) in [4.78, 5) is 13.6. The van der Waals surface area contributed by atoms with E-state index in [0.717, 1.165) is 0 Å². The van der Waals surface area contributed by atoms with Crippen molar-refractivity contribution in [3.05, 3.63) is 42.0 Å².